The van der Waals surface area contributed by atoms with Crippen LogP contribution >= 0.6 is 0 Å². The van der Waals surface area contributed by atoms with Crippen LogP contribution < -0.4 is 10.9 Å². The van der Waals surface area contributed by atoms with Crippen LogP contribution in [-0.2, 0) is 7.05 Å². The summed E-state index contributed by atoms with van der Waals surface area (Å²) in [6, 6.07) is 4.80. The molecule has 31 heavy (non-hydrogen) atoms. The Hall–Kier alpha value is -3.82. The molecule has 0 radical (unpaired) electrons. The molecule has 1 aromatic carbocycles. The summed E-state index contributed by atoms with van der Waals surface area (Å²) >= 11 is 0. The van der Waals surface area contributed by atoms with Gasteiger partial charge in [-0.05, 0) is 13.0 Å². The summed E-state index contributed by atoms with van der Waals surface area (Å²) < 4.78 is 42.1. The molecule has 3 heterocycles. The molecule has 0 saturated heterocycles. The summed E-state index contributed by atoms with van der Waals surface area (Å²) in [5, 5.41) is 3.55. The number of benzene rings is 1. The quantitative estimate of drug-likeness (QED) is 0.519. The SMILES string of the molecule is C[C@@H](Nc1ncnc2c1cc(-c1cncnc1)c(=O)n2C)c1cccc(C(F)F)c1F. The molecule has 0 aliphatic heterocycles. The molecule has 0 unspecified atom stereocenters. The van der Waals surface area contributed by atoms with E-state index in [1.54, 1.807) is 20.0 Å². The first-order valence-corrected chi connectivity index (χ1v) is 9.31. The molecule has 3 aromatic heterocycles. The fourth-order valence-corrected chi connectivity index (χ4v) is 3.38. The molecule has 4 rings (SSSR count). The summed E-state index contributed by atoms with van der Waals surface area (Å²) in [6.45, 7) is 1.63. The van der Waals surface area contributed by atoms with Crippen LogP contribution in [0.3, 0.4) is 0 Å². The number of aryl methyl sites for hydroxylation is 1. The van der Waals surface area contributed by atoms with E-state index >= 15 is 0 Å². The monoisotopic (exact) mass is 426 g/mol. The molecule has 0 fully saturated rings. The maximum Gasteiger partial charge on any atom is 0.266 e. The third-order valence-electron chi connectivity index (χ3n) is 4.99. The first-order chi connectivity index (χ1) is 14.9. The molecule has 1 atom stereocenters. The van der Waals surface area contributed by atoms with Crippen LogP contribution in [-0.4, -0.2) is 24.5 Å². The maximum atomic E-state index is 14.6. The standard InChI is InChI=1S/C21H17F3N6O/c1-11(13-4-3-5-14(17(13)22)18(23)24)29-19-16-6-15(12-7-25-9-26-8-12)21(31)30(2)20(16)28-10-27-19/h3-11,18H,1-2H3,(H,27,28,29)/t11-/m1/s1. The van der Waals surface area contributed by atoms with Crippen molar-refractivity contribution in [2.75, 3.05) is 5.32 Å². The molecule has 0 spiro atoms. The Bertz CT molecular complexity index is 1310. The molecule has 10 heteroatoms. The number of anilines is 1. The van der Waals surface area contributed by atoms with Crippen LogP contribution in [0.15, 0.2) is 54.1 Å². The second kappa shape index (κ2) is 8.13. The molecule has 7 nitrogen and oxygen atoms in total. The van der Waals surface area contributed by atoms with Gasteiger partial charge in [-0.3, -0.25) is 9.36 Å². The summed E-state index contributed by atoms with van der Waals surface area (Å²) in [6.07, 6.45) is 2.74. The molecule has 0 bridgehead atoms. The number of aromatic nitrogens is 5. The van der Waals surface area contributed by atoms with Crippen molar-refractivity contribution in [2.24, 2.45) is 7.05 Å². The van der Waals surface area contributed by atoms with Gasteiger partial charge in [0.2, 0.25) is 0 Å². The topological polar surface area (TPSA) is 85.6 Å². The Labute approximate surface area is 174 Å². The number of alkyl halides is 2. The number of fused-ring (bicyclic) bond motifs is 1. The average molecular weight is 426 g/mol. The average Bonchev–Trinajstić information content (AvgIpc) is 2.77. The Kier molecular flexibility index (Phi) is 5.37. The molecule has 0 amide bonds. The van der Waals surface area contributed by atoms with Crippen molar-refractivity contribution in [3.05, 3.63) is 76.6 Å². The van der Waals surface area contributed by atoms with Crippen molar-refractivity contribution in [3.63, 3.8) is 0 Å². The van der Waals surface area contributed by atoms with E-state index in [0.29, 0.717) is 28.0 Å². The zero-order valence-corrected chi connectivity index (χ0v) is 16.6. The van der Waals surface area contributed by atoms with Crippen LogP contribution in [0.2, 0.25) is 0 Å². The van der Waals surface area contributed by atoms with Crippen LogP contribution in [0.4, 0.5) is 19.0 Å². The molecule has 0 aliphatic rings. The van der Waals surface area contributed by atoms with Gasteiger partial charge in [0, 0.05) is 30.6 Å². The Balaban J connectivity index is 1.81. The highest BCUT2D eigenvalue weighted by Crippen LogP contribution is 2.30. The summed E-state index contributed by atoms with van der Waals surface area (Å²) in [5.74, 6) is -0.640. The number of hydrogen-bond donors (Lipinski definition) is 1. The van der Waals surface area contributed by atoms with Crippen LogP contribution in [0.25, 0.3) is 22.2 Å². The van der Waals surface area contributed by atoms with Crippen molar-refractivity contribution >= 4 is 16.9 Å². The lowest BCUT2D eigenvalue weighted by Gasteiger charge is -2.19. The smallest absolute Gasteiger partial charge is 0.266 e. The normalized spacial score (nSPS) is 12.3. The molecular formula is C21H17F3N6O. The highest BCUT2D eigenvalue weighted by molar-refractivity contribution is 5.90. The van der Waals surface area contributed by atoms with Gasteiger partial charge in [0.1, 0.15) is 29.9 Å². The van der Waals surface area contributed by atoms with E-state index in [9.17, 15) is 18.0 Å². The first-order valence-electron chi connectivity index (χ1n) is 9.31. The van der Waals surface area contributed by atoms with Gasteiger partial charge in [-0.25, -0.2) is 33.1 Å². The van der Waals surface area contributed by atoms with Crippen molar-refractivity contribution in [1.29, 1.82) is 0 Å². The number of halogens is 3. The van der Waals surface area contributed by atoms with Crippen LogP contribution in [0.5, 0.6) is 0 Å². The lowest BCUT2D eigenvalue weighted by atomic mass is 10.0. The highest BCUT2D eigenvalue weighted by atomic mass is 19.3. The Morgan fingerprint density at radius 1 is 1.06 bits per heavy atom. The predicted molar refractivity (Wildman–Crippen MR) is 109 cm³/mol. The molecule has 4 aromatic rings. The maximum absolute atomic E-state index is 14.6. The molecule has 0 saturated carbocycles. The van der Waals surface area contributed by atoms with E-state index in [1.807, 2.05) is 0 Å². The number of nitrogens with zero attached hydrogens (tertiary/aromatic N) is 5. The second-order valence-electron chi connectivity index (χ2n) is 6.93. The zero-order valence-electron chi connectivity index (χ0n) is 16.6. The highest BCUT2D eigenvalue weighted by Gasteiger charge is 2.21. The minimum Gasteiger partial charge on any atom is -0.363 e. The number of hydrogen-bond acceptors (Lipinski definition) is 6. The summed E-state index contributed by atoms with van der Waals surface area (Å²) in [4.78, 5) is 29.1. The molecule has 158 valence electrons. The third-order valence-corrected chi connectivity index (χ3v) is 4.99. The zero-order chi connectivity index (χ0) is 22.1. The van der Waals surface area contributed by atoms with Crippen molar-refractivity contribution < 1.29 is 13.2 Å². The van der Waals surface area contributed by atoms with Gasteiger partial charge in [0.05, 0.1) is 22.6 Å². The summed E-state index contributed by atoms with van der Waals surface area (Å²) in [7, 11) is 1.57. The van der Waals surface area contributed by atoms with Crippen molar-refractivity contribution in [2.45, 2.75) is 19.4 Å². The van der Waals surface area contributed by atoms with Crippen molar-refractivity contribution in [3.8, 4) is 11.1 Å². The fourth-order valence-electron chi connectivity index (χ4n) is 3.38. The van der Waals surface area contributed by atoms with Gasteiger partial charge in [0.15, 0.2) is 0 Å². The van der Waals surface area contributed by atoms with E-state index in [1.165, 1.54) is 41.7 Å². The van der Waals surface area contributed by atoms with E-state index < -0.39 is 23.8 Å². The first kappa shape index (κ1) is 20.5. The predicted octanol–water partition coefficient (Wildman–Crippen LogP) is 4.04. The van der Waals surface area contributed by atoms with Gasteiger partial charge in [-0.2, -0.15) is 0 Å². The van der Waals surface area contributed by atoms with Gasteiger partial charge in [-0.1, -0.05) is 18.2 Å². The van der Waals surface area contributed by atoms with E-state index in [2.05, 4.69) is 25.3 Å². The number of rotatable bonds is 5. The van der Waals surface area contributed by atoms with Gasteiger partial charge in [0.25, 0.3) is 12.0 Å². The molecular weight excluding hydrogens is 409 g/mol. The fraction of sp³-hybridized carbons (Fsp3) is 0.190. The lowest BCUT2D eigenvalue weighted by Crippen LogP contribution is -2.21. The largest absolute Gasteiger partial charge is 0.363 e. The second-order valence-corrected chi connectivity index (χ2v) is 6.93. The minimum atomic E-state index is -2.92. The van der Waals surface area contributed by atoms with Crippen LogP contribution in [0, 0.1) is 5.82 Å². The Morgan fingerprint density at radius 2 is 1.77 bits per heavy atom. The van der Waals surface area contributed by atoms with Crippen molar-refractivity contribution in [1.82, 2.24) is 24.5 Å². The summed E-state index contributed by atoms with van der Waals surface area (Å²) in [5.41, 5.74) is 0.335. The van der Waals surface area contributed by atoms with Crippen LogP contribution in [0.1, 0.15) is 30.5 Å². The third kappa shape index (κ3) is 3.72. The lowest BCUT2D eigenvalue weighted by molar-refractivity contribution is 0.146. The van der Waals surface area contributed by atoms with Gasteiger partial charge < -0.3 is 5.32 Å². The van der Waals surface area contributed by atoms with E-state index in [-0.39, 0.29) is 11.1 Å². The number of pyridine rings is 1. The molecule has 1 N–H and O–H groups in total. The number of nitrogens with one attached hydrogen (secondary N) is 1. The van der Waals surface area contributed by atoms with Gasteiger partial charge in [-0.15, -0.1) is 0 Å². The Morgan fingerprint density at radius 3 is 2.48 bits per heavy atom. The minimum absolute atomic E-state index is 0.0751. The molecule has 0 aliphatic carbocycles. The van der Waals surface area contributed by atoms with Gasteiger partial charge >= 0.3 is 0 Å². The van der Waals surface area contributed by atoms with E-state index in [4.69, 9.17) is 0 Å². The van der Waals surface area contributed by atoms with E-state index in [0.717, 1.165) is 6.07 Å².